The molecule has 0 amide bonds. The van der Waals surface area contributed by atoms with Crippen LogP contribution >= 0.6 is 0 Å². The van der Waals surface area contributed by atoms with E-state index in [1.54, 1.807) is 31.3 Å². The minimum atomic E-state index is -3.17. The Bertz CT molecular complexity index is 666. The summed E-state index contributed by atoms with van der Waals surface area (Å²) < 4.78 is 28.5. The van der Waals surface area contributed by atoms with Crippen molar-refractivity contribution in [3.63, 3.8) is 0 Å². The van der Waals surface area contributed by atoms with Crippen LogP contribution in [-0.4, -0.2) is 47.4 Å². The average Bonchev–Trinajstić information content (AvgIpc) is 3.13. The molecule has 6 nitrogen and oxygen atoms in total. The van der Waals surface area contributed by atoms with Crippen LogP contribution in [0.1, 0.15) is 38.5 Å². The molecule has 0 bridgehead atoms. The summed E-state index contributed by atoms with van der Waals surface area (Å²) in [6, 6.07) is 6.46. The number of aliphatic imine (C=N–C) groups is 1. The van der Waals surface area contributed by atoms with Crippen molar-refractivity contribution in [1.82, 2.24) is 10.6 Å². The van der Waals surface area contributed by atoms with Gasteiger partial charge in [0.05, 0.1) is 11.4 Å². The van der Waals surface area contributed by atoms with Gasteiger partial charge in [0.15, 0.2) is 15.8 Å². The molecule has 0 radical (unpaired) electrons. The van der Waals surface area contributed by atoms with Crippen molar-refractivity contribution < 1.29 is 13.2 Å². The highest BCUT2D eigenvalue weighted by Gasteiger charge is 2.14. The van der Waals surface area contributed by atoms with Crippen LogP contribution in [0.2, 0.25) is 0 Å². The molecule has 1 aromatic rings. The van der Waals surface area contributed by atoms with Gasteiger partial charge in [-0.3, -0.25) is 4.99 Å². The lowest BCUT2D eigenvalue weighted by Gasteiger charge is -2.13. The Balaban J connectivity index is 1.59. The number of hydrogen-bond donors (Lipinski definition) is 2. The van der Waals surface area contributed by atoms with Crippen LogP contribution in [0.25, 0.3) is 0 Å². The number of benzene rings is 1. The largest absolute Gasteiger partial charge is 0.492 e. The SMILES string of the molecule is CN=C(NCCCC1CCCC1)NCCOc1ccc(S(C)(=O)=O)cc1. The summed E-state index contributed by atoms with van der Waals surface area (Å²) in [4.78, 5) is 4.51. The van der Waals surface area contributed by atoms with E-state index in [1.165, 1.54) is 44.8 Å². The Labute approximate surface area is 157 Å². The van der Waals surface area contributed by atoms with Crippen LogP contribution in [0.5, 0.6) is 5.75 Å². The topological polar surface area (TPSA) is 79.8 Å². The van der Waals surface area contributed by atoms with Crippen molar-refractivity contribution in [2.75, 3.05) is 33.0 Å². The fraction of sp³-hybridized carbons (Fsp3) is 0.632. The molecule has 1 fully saturated rings. The molecule has 0 heterocycles. The molecule has 1 aliphatic carbocycles. The first-order chi connectivity index (χ1) is 12.5. The van der Waals surface area contributed by atoms with E-state index in [9.17, 15) is 8.42 Å². The van der Waals surface area contributed by atoms with Gasteiger partial charge in [-0.2, -0.15) is 0 Å². The third-order valence-electron chi connectivity index (χ3n) is 4.70. The number of nitrogens with zero attached hydrogens (tertiary/aromatic N) is 1. The lowest BCUT2D eigenvalue weighted by atomic mass is 10.0. The monoisotopic (exact) mass is 381 g/mol. The molecule has 26 heavy (non-hydrogen) atoms. The summed E-state index contributed by atoms with van der Waals surface area (Å²) in [5, 5.41) is 6.55. The first-order valence-electron chi connectivity index (χ1n) is 9.36. The maximum Gasteiger partial charge on any atom is 0.191 e. The molecule has 7 heteroatoms. The van der Waals surface area contributed by atoms with Gasteiger partial charge in [-0.25, -0.2) is 8.42 Å². The maximum absolute atomic E-state index is 11.4. The molecule has 0 unspecified atom stereocenters. The molecule has 1 aliphatic rings. The minimum absolute atomic E-state index is 0.296. The van der Waals surface area contributed by atoms with Crippen molar-refractivity contribution in [2.45, 2.75) is 43.4 Å². The molecule has 0 aromatic heterocycles. The summed E-state index contributed by atoms with van der Waals surface area (Å²) in [6.45, 7) is 2.03. The van der Waals surface area contributed by atoms with Crippen molar-refractivity contribution in [1.29, 1.82) is 0 Å². The van der Waals surface area contributed by atoms with Gasteiger partial charge in [0.2, 0.25) is 0 Å². The van der Waals surface area contributed by atoms with Gasteiger partial charge < -0.3 is 15.4 Å². The lowest BCUT2D eigenvalue weighted by Crippen LogP contribution is -2.39. The van der Waals surface area contributed by atoms with E-state index < -0.39 is 9.84 Å². The van der Waals surface area contributed by atoms with Crippen LogP contribution in [0, 0.1) is 5.92 Å². The maximum atomic E-state index is 11.4. The number of hydrogen-bond acceptors (Lipinski definition) is 4. The zero-order valence-corrected chi connectivity index (χ0v) is 16.6. The van der Waals surface area contributed by atoms with Gasteiger partial charge in [0.1, 0.15) is 12.4 Å². The number of sulfone groups is 1. The molecule has 1 saturated carbocycles. The van der Waals surface area contributed by atoms with Crippen LogP contribution in [-0.2, 0) is 9.84 Å². The van der Waals surface area contributed by atoms with E-state index >= 15 is 0 Å². The van der Waals surface area contributed by atoms with Gasteiger partial charge in [-0.1, -0.05) is 25.7 Å². The van der Waals surface area contributed by atoms with Gasteiger partial charge in [0, 0.05) is 19.8 Å². The standard InChI is InChI=1S/C19H31N3O3S/c1-20-19(21-13-5-8-16-6-3-4-7-16)22-14-15-25-17-9-11-18(12-10-17)26(2,23)24/h9-12,16H,3-8,13-15H2,1-2H3,(H2,20,21,22). The Hall–Kier alpha value is -1.76. The Morgan fingerprint density at radius 2 is 1.81 bits per heavy atom. The molecular weight excluding hydrogens is 350 g/mol. The predicted molar refractivity (Wildman–Crippen MR) is 106 cm³/mol. The third kappa shape index (κ3) is 7.23. The Kier molecular flexibility index (Phi) is 8.22. The van der Waals surface area contributed by atoms with Crippen molar-refractivity contribution in [3.05, 3.63) is 24.3 Å². The van der Waals surface area contributed by atoms with E-state index in [4.69, 9.17) is 4.74 Å². The second-order valence-corrected chi connectivity index (χ2v) is 8.83. The highest BCUT2D eigenvalue weighted by molar-refractivity contribution is 7.90. The highest BCUT2D eigenvalue weighted by atomic mass is 32.2. The van der Waals surface area contributed by atoms with E-state index in [-0.39, 0.29) is 0 Å². The predicted octanol–water partition coefficient (Wildman–Crippen LogP) is 2.60. The summed E-state index contributed by atoms with van der Waals surface area (Å²) in [5.41, 5.74) is 0. The normalized spacial score (nSPS) is 15.8. The average molecular weight is 382 g/mol. The molecule has 146 valence electrons. The number of guanidine groups is 1. The fourth-order valence-corrected chi connectivity index (χ4v) is 3.87. The zero-order valence-electron chi connectivity index (χ0n) is 15.8. The zero-order chi connectivity index (χ0) is 18.8. The van der Waals surface area contributed by atoms with E-state index in [0.717, 1.165) is 18.4 Å². The number of ether oxygens (including phenoxy) is 1. The third-order valence-corrected chi connectivity index (χ3v) is 5.82. The van der Waals surface area contributed by atoms with E-state index in [1.807, 2.05) is 0 Å². The number of nitrogens with one attached hydrogen (secondary N) is 2. The molecule has 1 aromatic carbocycles. The first kappa shape index (κ1) is 20.6. The summed E-state index contributed by atoms with van der Waals surface area (Å²) in [5.74, 6) is 2.36. The summed E-state index contributed by atoms with van der Waals surface area (Å²) in [6.07, 6.45) is 9.27. The van der Waals surface area contributed by atoms with Crippen molar-refractivity contribution in [2.24, 2.45) is 10.9 Å². The summed E-state index contributed by atoms with van der Waals surface area (Å²) in [7, 11) is -1.41. The quantitative estimate of drug-likeness (QED) is 0.390. The van der Waals surface area contributed by atoms with Crippen molar-refractivity contribution in [3.8, 4) is 5.75 Å². The molecule has 0 spiro atoms. The molecule has 0 atom stereocenters. The second-order valence-electron chi connectivity index (χ2n) is 6.81. The Morgan fingerprint density at radius 3 is 2.42 bits per heavy atom. The summed E-state index contributed by atoms with van der Waals surface area (Å²) >= 11 is 0. The van der Waals surface area contributed by atoms with Gasteiger partial charge >= 0.3 is 0 Å². The molecular formula is C19H31N3O3S. The van der Waals surface area contributed by atoms with Gasteiger partial charge in [-0.15, -0.1) is 0 Å². The van der Waals surface area contributed by atoms with Gasteiger partial charge in [-0.05, 0) is 43.0 Å². The van der Waals surface area contributed by atoms with Crippen LogP contribution < -0.4 is 15.4 Å². The first-order valence-corrected chi connectivity index (χ1v) is 11.3. The lowest BCUT2D eigenvalue weighted by molar-refractivity contribution is 0.321. The minimum Gasteiger partial charge on any atom is -0.492 e. The molecule has 2 rings (SSSR count). The van der Waals surface area contributed by atoms with Crippen LogP contribution in [0.4, 0.5) is 0 Å². The molecule has 0 aliphatic heterocycles. The second kappa shape index (κ2) is 10.4. The van der Waals surface area contributed by atoms with Gasteiger partial charge in [0.25, 0.3) is 0 Å². The number of rotatable bonds is 9. The molecule has 0 saturated heterocycles. The Morgan fingerprint density at radius 1 is 1.15 bits per heavy atom. The van der Waals surface area contributed by atoms with Crippen LogP contribution in [0.15, 0.2) is 34.2 Å². The van der Waals surface area contributed by atoms with Crippen LogP contribution in [0.3, 0.4) is 0 Å². The van der Waals surface area contributed by atoms with E-state index in [0.29, 0.717) is 23.8 Å². The van der Waals surface area contributed by atoms with Crippen molar-refractivity contribution >= 4 is 15.8 Å². The fourth-order valence-electron chi connectivity index (χ4n) is 3.24. The smallest absolute Gasteiger partial charge is 0.191 e. The van der Waals surface area contributed by atoms with E-state index in [2.05, 4.69) is 15.6 Å². The highest BCUT2D eigenvalue weighted by Crippen LogP contribution is 2.28. The molecule has 2 N–H and O–H groups in total.